The van der Waals surface area contributed by atoms with Crippen LogP contribution in [0.2, 0.25) is 0 Å². The minimum atomic E-state index is -2.58. The van der Waals surface area contributed by atoms with Gasteiger partial charge in [-0.25, -0.2) is 8.78 Å². The number of alkyl halides is 2. The van der Waals surface area contributed by atoms with Gasteiger partial charge in [0.25, 0.3) is 6.43 Å². The lowest BCUT2D eigenvalue weighted by Crippen LogP contribution is -1.72. The van der Waals surface area contributed by atoms with Gasteiger partial charge >= 0.3 is 0 Å². The number of rotatable bonds is 1. The zero-order chi connectivity index (χ0) is 10.3. The second-order valence-corrected chi connectivity index (χ2v) is 3.88. The van der Waals surface area contributed by atoms with Crippen molar-refractivity contribution in [2.45, 2.75) is 6.43 Å². The van der Waals surface area contributed by atoms with E-state index in [1.54, 1.807) is 0 Å². The maximum absolute atomic E-state index is 12.3. The molecule has 2 nitrogen and oxygen atoms in total. The fraction of sp³-hybridized carbons (Fsp3) is 0.111. The number of aromatic hydroxyl groups is 2. The molecule has 0 fully saturated rings. The van der Waals surface area contributed by atoms with Gasteiger partial charge in [-0.2, -0.15) is 0 Å². The Morgan fingerprint density at radius 1 is 1.14 bits per heavy atom. The first-order valence-corrected chi connectivity index (χ1v) is 4.64. The van der Waals surface area contributed by atoms with Crippen molar-refractivity contribution >= 4 is 21.4 Å². The van der Waals surface area contributed by atoms with Crippen LogP contribution in [0.1, 0.15) is 11.3 Å². The molecule has 0 aliphatic heterocycles. The predicted molar refractivity (Wildman–Crippen MR) is 50.1 cm³/mol. The average Bonchev–Trinajstić information content (AvgIpc) is 2.57. The monoisotopic (exact) mass is 216 g/mol. The minimum Gasteiger partial charge on any atom is -0.507 e. The topological polar surface area (TPSA) is 40.5 Å². The molecule has 2 N–H and O–H groups in total. The molecule has 0 bridgehead atoms. The Kier molecular flexibility index (Phi) is 2.03. The van der Waals surface area contributed by atoms with Gasteiger partial charge in [-0.3, -0.25) is 0 Å². The third-order valence-electron chi connectivity index (χ3n) is 1.87. The molecule has 0 saturated carbocycles. The highest BCUT2D eigenvalue weighted by Crippen LogP contribution is 2.40. The van der Waals surface area contributed by atoms with E-state index >= 15 is 0 Å². The summed E-state index contributed by atoms with van der Waals surface area (Å²) in [6.07, 6.45) is -2.58. The molecule has 0 unspecified atom stereocenters. The number of thiophene rings is 1. The Bertz CT molecular complexity index is 440. The van der Waals surface area contributed by atoms with Crippen molar-refractivity contribution in [1.29, 1.82) is 0 Å². The third kappa shape index (κ3) is 1.29. The lowest BCUT2D eigenvalue weighted by Gasteiger charge is -1.95. The highest BCUT2D eigenvalue weighted by Gasteiger charge is 2.15. The van der Waals surface area contributed by atoms with E-state index in [-0.39, 0.29) is 21.8 Å². The Labute approximate surface area is 82.0 Å². The van der Waals surface area contributed by atoms with E-state index < -0.39 is 6.43 Å². The molecule has 0 atom stereocenters. The summed E-state index contributed by atoms with van der Waals surface area (Å²) in [4.78, 5) is -0.156. The molecule has 2 aromatic rings. The van der Waals surface area contributed by atoms with Gasteiger partial charge in [0.2, 0.25) is 0 Å². The van der Waals surface area contributed by atoms with Crippen LogP contribution in [0, 0.1) is 0 Å². The van der Waals surface area contributed by atoms with Crippen LogP contribution in [0.4, 0.5) is 8.78 Å². The van der Waals surface area contributed by atoms with Crippen molar-refractivity contribution in [3.63, 3.8) is 0 Å². The molecular formula is C9H6F2O2S. The molecule has 74 valence electrons. The second kappa shape index (κ2) is 3.09. The standard InChI is InChI=1S/C9H6F2O2S/c10-9(11)7-3-4-5(12)1-2-6(13)8(4)14-7/h1-3,9,12-13H. The van der Waals surface area contributed by atoms with Crippen LogP contribution >= 0.6 is 11.3 Å². The molecule has 1 heterocycles. The molecule has 0 saturated heterocycles. The summed E-state index contributed by atoms with van der Waals surface area (Å²) in [5.41, 5.74) is 0. The van der Waals surface area contributed by atoms with Gasteiger partial charge in [0, 0.05) is 5.39 Å². The summed E-state index contributed by atoms with van der Waals surface area (Å²) in [6.45, 7) is 0. The van der Waals surface area contributed by atoms with Gasteiger partial charge in [-0.15, -0.1) is 11.3 Å². The molecule has 0 radical (unpaired) electrons. The lowest BCUT2D eigenvalue weighted by atomic mass is 10.2. The number of phenols is 2. The van der Waals surface area contributed by atoms with Crippen LogP contribution in [0.25, 0.3) is 10.1 Å². The molecule has 0 aliphatic rings. The first kappa shape index (κ1) is 9.21. The van der Waals surface area contributed by atoms with Crippen LogP contribution < -0.4 is 0 Å². The van der Waals surface area contributed by atoms with Crippen molar-refractivity contribution < 1.29 is 19.0 Å². The summed E-state index contributed by atoms with van der Waals surface area (Å²) >= 11 is 0.786. The summed E-state index contributed by atoms with van der Waals surface area (Å²) in [6, 6.07) is 3.75. The second-order valence-electron chi connectivity index (χ2n) is 2.80. The first-order valence-electron chi connectivity index (χ1n) is 3.82. The van der Waals surface area contributed by atoms with Crippen LogP contribution in [0.3, 0.4) is 0 Å². The van der Waals surface area contributed by atoms with Gasteiger partial charge in [0.1, 0.15) is 11.5 Å². The molecule has 5 heteroatoms. The lowest BCUT2D eigenvalue weighted by molar-refractivity contribution is 0.156. The third-order valence-corrected chi connectivity index (χ3v) is 3.04. The fourth-order valence-corrected chi connectivity index (χ4v) is 2.17. The number of hydrogen-bond acceptors (Lipinski definition) is 3. The zero-order valence-corrected chi connectivity index (χ0v) is 7.68. The van der Waals surface area contributed by atoms with Gasteiger partial charge in [-0.1, -0.05) is 0 Å². The largest absolute Gasteiger partial charge is 0.507 e. The van der Waals surface area contributed by atoms with Crippen LogP contribution in [-0.4, -0.2) is 10.2 Å². The Morgan fingerprint density at radius 2 is 1.79 bits per heavy atom. The quantitative estimate of drug-likeness (QED) is 0.718. The highest BCUT2D eigenvalue weighted by atomic mass is 32.1. The predicted octanol–water partition coefficient (Wildman–Crippen LogP) is 3.25. The van der Waals surface area contributed by atoms with Gasteiger partial charge in [0.05, 0.1) is 9.58 Å². The van der Waals surface area contributed by atoms with Crippen molar-refractivity contribution in [2.24, 2.45) is 0 Å². The number of phenolic OH excluding ortho intramolecular Hbond substituents is 2. The normalized spacial score (nSPS) is 11.4. The van der Waals surface area contributed by atoms with Crippen LogP contribution in [-0.2, 0) is 0 Å². The smallest absolute Gasteiger partial charge is 0.272 e. The van der Waals surface area contributed by atoms with E-state index in [1.807, 2.05) is 0 Å². The van der Waals surface area contributed by atoms with Crippen molar-refractivity contribution in [1.82, 2.24) is 0 Å². The number of benzene rings is 1. The molecule has 1 aromatic heterocycles. The van der Waals surface area contributed by atoms with Crippen molar-refractivity contribution in [3.05, 3.63) is 23.1 Å². The van der Waals surface area contributed by atoms with E-state index in [0.29, 0.717) is 4.70 Å². The Hall–Kier alpha value is -1.36. The average molecular weight is 216 g/mol. The van der Waals surface area contributed by atoms with E-state index in [0.717, 1.165) is 11.3 Å². The van der Waals surface area contributed by atoms with Gasteiger partial charge < -0.3 is 10.2 Å². The molecular weight excluding hydrogens is 210 g/mol. The summed E-state index contributed by atoms with van der Waals surface area (Å²) in [7, 11) is 0. The van der Waals surface area contributed by atoms with Crippen molar-refractivity contribution in [3.8, 4) is 11.5 Å². The van der Waals surface area contributed by atoms with Gasteiger partial charge in [-0.05, 0) is 18.2 Å². The molecule has 0 spiro atoms. The number of fused-ring (bicyclic) bond motifs is 1. The SMILES string of the molecule is Oc1ccc(O)c2sc(C(F)F)cc12. The van der Waals surface area contributed by atoms with E-state index in [1.165, 1.54) is 18.2 Å². The van der Waals surface area contributed by atoms with E-state index in [9.17, 15) is 19.0 Å². The number of halogens is 2. The molecule has 14 heavy (non-hydrogen) atoms. The number of hydrogen-bond donors (Lipinski definition) is 2. The zero-order valence-electron chi connectivity index (χ0n) is 6.87. The highest BCUT2D eigenvalue weighted by molar-refractivity contribution is 7.19. The fourth-order valence-electron chi connectivity index (χ4n) is 1.22. The molecule has 1 aromatic carbocycles. The molecule has 0 aliphatic carbocycles. The maximum Gasteiger partial charge on any atom is 0.272 e. The Balaban J connectivity index is 2.75. The summed E-state index contributed by atoms with van der Waals surface area (Å²) in [5.74, 6) is -0.185. The molecule has 0 amide bonds. The minimum absolute atomic E-state index is 0.0882. The van der Waals surface area contributed by atoms with Crippen LogP contribution in [0.15, 0.2) is 18.2 Å². The first-order chi connectivity index (χ1) is 6.59. The summed E-state index contributed by atoms with van der Waals surface area (Å²) < 4.78 is 24.9. The van der Waals surface area contributed by atoms with Crippen LogP contribution in [0.5, 0.6) is 11.5 Å². The van der Waals surface area contributed by atoms with Crippen molar-refractivity contribution in [2.75, 3.05) is 0 Å². The van der Waals surface area contributed by atoms with E-state index in [2.05, 4.69) is 0 Å². The van der Waals surface area contributed by atoms with E-state index in [4.69, 9.17) is 0 Å². The maximum atomic E-state index is 12.3. The summed E-state index contributed by atoms with van der Waals surface area (Å²) in [5, 5.41) is 19.0. The molecule has 2 rings (SSSR count). The Morgan fingerprint density at radius 3 is 2.36 bits per heavy atom. The van der Waals surface area contributed by atoms with Gasteiger partial charge in [0.15, 0.2) is 0 Å².